The van der Waals surface area contributed by atoms with Gasteiger partial charge in [0.1, 0.15) is 0 Å². The van der Waals surface area contributed by atoms with Crippen molar-refractivity contribution in [2.24, 2.45) is 0 Å². The van der Waals surface area contributed by atoms with Crippen molar-refractivity contribution in [3.63, 3.8) is 0 Å². The van der Waals surface area contributed by atoms with E-state index in [0.29, 0.717) is 13.3 Å². The number of hydrogen-bond donors (Lipinski definition) is 2. The van der Waals surface area contributed by atoms with E-state index in [9.17, 15) is 0 Å². The molecule has 9 heteroatoms. The number of aliphatic hydroxyl groups is 2. The minimum Gasteiger partial charge on any atom is 0 e. The van der Waals surface area contributed by atoms with Crippen LogP contribution in [-0.4, -0.2) is 24.4 Å². The summed E-state index contributed by atoms with van der Waals surface area (Å²) in [4.78, 5) is 0. The molecule has 11 heavy (non-hydrogen) atoms. The van der Waals surface area contributed by atoms with Crippen LogP contribution in [0.15, 0.2) is 0 Å². The first-order valence-corrected chi connectivity index (χ1v) is 20.2. The molecule has 0 amide bonds. The van der Waals surface area contributed by atoms with E-state index in [2.05, 4.69) is 74.5 Å². The monoisotopic (exact) mass is 889 g/mol. The minimum absolute atomic E-state index is 0. The molecule has 0 heterocycles. The van der Waals surface area contributed by atoms with E-state index in [1.165, 1.54) is 0 Å². The maximum atomic E-state index is 7.00. The van der Waals surface area contributed by atoms with Gasteiger partial charge in [0.15, 0.2) is 0 Å². The van der Waals surface area contributed by atoms with Crippen LogP contribution in [0.4, 0.5) is 0 Å². The van der Waals surface area contributed by atoms with E-state index in [4.69, 9.17) is 10.2 Å². The van der Waals surface area contributed by atoms with E-state index < -0.39 is 0 Å². The van der Waals surface area contributed by atoms with Gasteiger partial charge < -0.3 is 10.2 Å². The smallest absolute Gasteiger partial charge is 0 e. The van der Waals surface area contributed by atoms with Gasteiger partial charge in [-0.1, -0.05) is 0 Å². The fourth-order valence-corrected chi connectivity index (χ4v) is 0. The SMILES string of the molecule is CO.CO.I.II.I[I-]I.[Cu]. The van der Waals surface area contributed by atoms with E-state index in [1.54, 1.807) is 0 Å². The molecule has 0 rings (SSSR count). The van der Waals surface area contributed by atoms with Crippen molar-refractivity contribution in [1.29, 1.82) is 0 Å². The van der Waals surface area contributed by atoms with Crippen molar-refractivity contribution >= 4 is 98.4 Å². The molecule has 0 bridgehead atoms. The molecule has 0 aromatic heterocycles. The van der Waals surface area contributed by atoms with Gasteiger partial charge >= 0.3 is 50.5 Å². The molecule has 0 atom stereocenters. The Morgan fingerprint density at radius 2 is 0.909 bits per heavy atom. The van der Waals surface area contributed by atoms with Gasteiger partial charge in [-0.15, -0.1) is 24.0 Å². The predicted molar refractivity (Wildman–Crippen MR) is 87.8 cm³/mol. The van der Waals surface area contributed by atoms with Crippen molar-refractivity contribution in [3.8, 4) is 0 Å². The van der Waals surface area contributed by atoms with E-state index in [-0.39, 0.29) is 41.0 Å². The average Bonchev–Trinajstić information content (AvgIpc) is 2.01. The molecule has 2 nitrogen and oxygen atoms in total. The molecule has 0 aromatic rings. The molecule has 2 N–H and O–H groups in total. The van der Waals surface area contributed by atoms with Gasteiger partial charge in [0.05, 0.1) is 0 Å². The third-order valence-electron chi connectivity index (χ3n) is 0. The third-order valence-corrected chi connectivity index (χ3v) is 0. The topological polar surface area (TPSA) is 40.5 Å². The van der Waals surface area contributed by atoms with Gasteiger partial charge in [0, 0.05) is 68.5 Å². The number of aliphatic hydroxyl groups excluding tert-OH is 2. The second-order valence-electron chi connectivity index (χ2n) is 0.0540. The zero-order valence-corrected chi connectivity index (χ0v) is 19.6. The minimum atomic E-state index is 0. The summed E-state index contributed by atoms with van der Waals surface area (Å²) in [5, 5.41) is 14.0. The maximum absolute atomic E-state index is 7.00. The Bertz CT molecular complexity index is 18.5. The van der Waals surface area contributed by atoms with Crippen LogP contribution in [0.5, 0.6) is 0 Å². The summed E-state index contributed by atoms with van der Waals surface area (Å²) in [6.07, 6.45) is 0. The summed E-state index contributed by atoms with van der Waals surface area (Å²) in [6.45, 7) is 0. The summed E-state index contributed by atoms with van der Waals surface area (Å²) in [6, 6.07) is 0. The zero-order valence-electron chi connectivity index (χ0n) is 5.49. The van der Waals surface area contributed by atoms with Crippen LogP contribution in [0, 0.1) is 0 Å². The van der Waals surface area contributed by atoms with Crippen LogP contribution >= 0.6 is 98.4 Å². The average molecular weight is 890 g/mol. The zero-order chi connectivity index (χ0) is 8.71. The Kier molecular flexibility index (Phi) is 274. The van der Waals surface area contributed by atoms with Crippen LogP contribution in [0.1, 0.15) is 0 Å². The van der Waals surface area contributed by atoms with Crippen LogP contribution in [-0.2, 0) is 17.1 Å². The summed E-state index contributed by atoms with van der Waals surface area (Å²) in [7, 11) is 2.00. The Balaban J connectivity index is -0.00000000729. The Morgan fingerprint density at radius 1 is 0.909 bits per heavy atom. The Hall–Kier alpha value is 4.82. The van der Waals surface area contributed by atoms with Crippen LogP contribution in [0.3, 0.4) is 0 Å². The molecule has 83 valence electrons. The molecule has 0 aromatic carbocycles. The molecule has 0 saturated carbocycles. The van der Waals surface area contributed by atoms with Gasteiger partial charge in [-0.25, -0.2) is 0 Å². The first kappa shape index (κ1) is 36.0. The van der Waals surface area contributed by atoms with Gasteiger partial charge in [-0.05, 0) is 0 Å². The van der Waals surface area contributed by atoms with Crippen molar-refractivity contribution in [2.75, 3.05) is 14.2 Å². The molecule has 0 saturated heterocycles. The molecule has 0 unspecified atom stereocenters. The standard InChI is InChI=1S/2CH4O.Cu.I3.I2.HI/c2*1-2;;1-3-2;1-2;/h2*2H,1H3;;;;1H/q;;;-1;;. The third kappa shape index (κ3) is 105. The predicted octanol–water partition coefficient (Wildman–Crippen LogP) is 0.379. The van der Waals surface area contributed by atoms with Crippen molar-refractivity contribution < 1.29 is 40.5 Å². The van der Waals surface area contributed by atoms with Crippen molar-refractivity contribution in [1.82, 2.24) is 0 Å². The Labute approximate surface area is 149 Å². The van der Waals surface area contributed by atoms with E-state index in [0.717, 1.165) is 14.2 Å². The number of hydrogen-bond acceptors (Lipinski definition) is 2. The molecule has 0 aliphatic carbocycles. The first-order valence-electron chi connectivity index (χ1n) is 1.32. The van der Waals surface area contributed by atoms with Gasteiger partial charge in [0.2, 0.25) is 0 Å². The summed E-state index contributed by atoms with van der Waals surface area (Å²) in [5.74, 6) is 0. The largest absolute Gasteiger partial charge is 0 e. The van der Waals surface area contributed by atoms with E-state index in [1.807, 2.05) is 0 Å². The molecule has 1 radical (unpaired) electrons. The van der Waals surface area contributed by atoms with Crippen molar-refractivity contribution in [2.45, 2.75) is 0 Å². The molecule has 0 aliphatic heterocycles. The second kappa shape index (κ2) is 83.6. The number of rotatable bonds is 0. The van der Waals surface area contributed by atoms with Gasteiger partial charge in [0.25, 0.3) is 0 Å². The summed E-state index contributed by atoms with van der Waals surface area (Å²) < 4.78 is 0. The Morgan fingerprint density at radius 3 is 0.909 bits per heavy atom. The first-order chi connectivity index (χ1) is 4.41. The quantitative estimate of drug-likeness (QED) is 0.274. The van der Waals surface area contributed by atoms with Crippen LogP contribution in [0.2, 0.25) is 0 Å². The van der Waals surface area contributed by atoms with Crippen LogP contribution < -0.4 is 13.3 Å². The number of halogens is 6. The summed E-state index contributed by atoms with van der Waals surface area (Å²) in [5.41, 5.74) is 0. The molecule has 0 spiro atoms. The second-order valence-corrected chi connectivity index (χ2v) is 16.3. The fourth-order valence-electron chi connectivity index (χ4n) is 0. The van der Waals surface area contributed by atoms with Crippen LogP contribution in [0.25, 0.3) is 0 Å². The maximum Gasteiger partial charge on any atom is 0 e. The van der Waals surface area contributed by atoms with Gasteiger partial charge in [-0.2, -0.15) is 0 Å². The van der Waals surface area contributed by atoms with Gasteiger partial charge in [-0.3, -0.25) is 0 Å². The summed E-state index contributed by atoms with van der Waals surface area (Å²) >= 11 is 9.54. The molecule has 0 aliphatic rings. The molecule has 0 fully saturated rings. The molecular formula is C2H9CuI6O2-. The van der Waals surface area contributed by atoms with Crippen molar-refractivity contribution in [3.05, 3.63) is 0 Å². The van der Waals surface area contributed by atoms with E-state index >= 15 is 0 Å². The molecular weight excluding hydrogens is 881 g/mol. The fraction of sp³-hybridized carbons (Fsp3) is 1.00. The normalized spacial score (nSPS) is 3.64.